The van der Waals surface area contributed by atoms with E-state index in [9.17, 15) is 9.90 Å². The topological polar surface area (TPSA) is 40.1 Å². The van der Waals surface area contributed by atoms with Gasteiger partial charge in [0.05, 0.1) is 8.07 Å². The molecule has 72 valence electrons. The molecule has 0 N–H and O–H groups in total. The van der Waals surface area contributed by atoms with E-state index in [0.717, 1.165) is 0 Å². The third kappa shape index (κ3) is 5.89. The van der Waals surface area contributed by atoms with Crippen LogP contribution in [0.1, 0.15) is 32.6 Å². The summed E-state index contributed by atoms with van der Waals surface area (Å²) in [6.07, 6.45) is -2.92. The molecule has 0 aliphatic carbocycles. The maximum Gasteiger partial charge on any atom is 1.00 e. The third-order valence-electron chi connectivity index (χ3n) is 2.46. The van der Waals surface area contributed by atoms with Crippen molar-refractivity contribution >= 4 is 14.0 Å². The van der Waals surface area contributed by atoms with Crippen molar-refractivity contribution < 1.29 is 44.9 Å². The zero-order valence-electron chi connectivity index (χ0n) is 12.9. The quantitative estimate of drug-likeness (QED) is 0.512. The summed E-state index contributed by atoms with van der Waals surface area (Å²) in [5, 5.41) is 10.8. The standard InChI is InChI=1S/C9H20O2Si.Na/c1-4-12(5-2,6-3)8-7-9(10)11;/h4-8H2,1-3H3,(H,10,11);/q;+1/p-1/i7D2,8D2;. The van der Waals surface area contributed by atoms with Gasteiger partial charge in [0.15, 0.2) is 0 Å². The van der Waals surface area contributed by atoms with E-state index in [0.29, 0.717) is 18.1 Å². The Hall–Kier alpha value is 0.687. The van der Waals surface area contributed by atoms with E-state index in [4.69, 9.17) is 5.48 Å². The van der Waals surface area contributed by atoms with Gasteiger partial charge in [-0.1, -0.05) is 44.9 Å². The molecule has 0 aliphatic rings. The van der Waals surface area contributed by atoms with E-state index in [-0.39, 0.29) is 29.6 Å². The number of rotatable bonds is 6. The molecule has 0 aromatic carbocycles. The summed E-state index contributed by atoms with van der Waals surface area (Å²) in [4.78, 5) is 10.8. The first-order valence-electron chi connectivity index (χ1n) is 6.34. The summed E-state index contributed by atoms with van der Waals surface area (Å²) in [5.41, 5.74) is 0. The number of carboxylic acid groups (broad SMARTS) is 1. The fraction of sp³-hybridized carbons (Fsp3) is 0.889. The minimum absolute atomic E-state index is 0. The summed E-state index contributed by atoms with van der Waals surface area (Å²) in [6, 6.07) is 1.58. The summed E-state index contributed by atoms with van der Waals surface area (Å²) in [5.74, 6) is -4.26. The van der Waals surface area contributed by atoms with Crippen molar-refractivity contribution in [2.75, 3.05) is 0 Å². The molecule has 0 spiro atoms. The van der Waals surface area contributed by atoms with E-state index in [1.807, 2.05) is 20.8 Å². The second-order valence-corrected chi connectivity index (χ2v) is 7.81. The molecule has 2 nitrogen and oxygen atoms in total. The van der Waals surface area contributed by atoms with E-state index >= 15 is 0 Å². The summed E-state index contributed by atoms with van der Waals surface area (Å²) in [6.45, 7) is 5.42. The van der Waals surface area contributed by atoms with Gasteiger partial charge in [0, 0.05) is 11.5 Å². The Bertz CT molecular complexity index is 261. The van der Waals surface area contributed by atoms with Crippen molar-refractivity contribution in [3.63, 3.8) is 0 Å². The van der Waals surface area contributed by atoms with E-state index in [2.05, 4.69) is 0 Å². The fourth-order valence-electron chi connectivity index (χ4n) is 1.20. The molecule has 0 bridgehead atoms. The van der Waals surface area contributed by atoms with Crippen molar-refractivity contribution in [2.45, 2.75) is 51.3 Å². The van der Waals surface area contributed by atoms with Crippen LogP contribution in [0.25, 0.3) is 0 Å². The number of carbonyl (C=O) groups is 1. The number of aliphatic carboxylic acids is 1. The molecule has 0 aromatic rings. The smallest absolute Gasteiger partial charge is 0.550 e. The van der Waals surface area contributed by atoms with Gasteiger partial charge >= 0.3 is 29.6 Å². The zero-order chi connectivity index (χ0) is 13.2. The Kier molecular flexibility index (Phi) is 5.53. The summed E-state index contributed by atoms with van der Waals surface area (Å²) in [7, 11) is -2.61. The maximum absolute atomic E-state index is 10.8. The largest absolute Gasteiger partial charge is 1.00 e. The second kappa shape index (κ2) is 8.03. The second-order valence-electron chi connectivity index (χ2n) is 2.88. The van der Waals surface area contributed by atoms with E-state index in [1.165, 1.54) is 0 Å². The van der Waals surface area contributed by atoms with Crippen LogP contribution in [-0.4, -0.2) is 14.0 Å². The van der Waals surface area contributed by atoms with Crippen LogP contribution >= 0.6 is 0 Å². The molecule has 0 unspecified atom stereocenters. The Morgan fingerprint density at radius 2 is 1.69 bits per heavy atom. The van der Waals surface area contributed by atoms with Crippen LogP contribution in [0.3, 0.4) is 0 Å². The summed E-state index contributed by atoms with van der Waals surface area (Å²) >= 11 is 0. The first-order valence-corrected chi connectivity index (χ1v) is 6.96. The van der Waals surface area contributed by atoms with Crippen molar-refractivity contribution in [3.05, 3.63) is 0 Å². The molecule has 0 amide bonds. The van der Waals surface area contributed by atoms with Crippen LogP contribution in [0.15, 0.2) is 0 Å². The number of carboxylic acids is 1. The van der Waals surface area contributed by atoms with Gasteiger partial charge in [-0.25, -0.2) is 0 Å². The van der Waals surface area contributed by atoms with Crippen molar-refractivity contribution in [3.8, 4) is 0 Å². The molecule has 0 fully saturated rings. The van der Waals surface area contributed by atoms with Gasteiger partial charge in [0.2, 0.25) is 0 Å². The Balaban J connectivity index is 0. The zero-order valence-corrected chi connectivity index (χ0v) is 11.9. The molecule has 0 atom stereocenters. The molecule has 0 radical (unpaired) electrons. The third-order valence-corrected chi connectivity index (χ3v) is 7.18. The van der Waals surface area contributed by atoms with Crippen LogP contribution in [0.4, 0.5) is 0 Å². The minimum atomic E-state index is -2.92. The van der Waals surface area contributed by atoms with Crippen LogP contribution < -0.4 is 34.7 Å². The number of carbonyl (C=O) groups excluding carboxylic acids is 1. The van der Waals surface area contributed by atoms with Crippen molar-refractivity contribution in [2.24, 2.45) is 0 Å². The van der Waals surface area contributed by atoms with Crippen LogP contribution in [0.2, 0.25) is 24.1 Å². The monoisotopic (exact) mass is 214 g/mol. The number of hydrogen-bond donors (Lipinski definition) is 0. The van der Waals surface area contributed by atoms with Gasteiger partial charge in [0.1, 0.15) is 0 Å². The van der Waals surface area contributed by atoms with Gasteiger partial charge in [0.25, 0.3) is 0 Å². The minimum Gasteiger partial charge on any atom is -0.550 e. The molecule has 13 heavy (non-hydrogen) atoms. The van der Waals surface area contributed by atoms with Crippen LogP contribution in [-0.2, 0) is 4.79 Å². The van der Waals surface area contributed by atoms with Gasteiger partial charge < -0.3 is 9.90 Å². The van der Waals surface area contributed by atoms with Crippen LogP contribution in [0.5, 0.6) is 0 Å². The summed E-state index contributed by atoms with van der Waals surface area (Å²) < 4.78 is 30.6. The predicted octanol–water partition coefficient (Wildman–Crippen LogP) is -1.36. The average Bonchev–Trinajstić information content (AvgIpc) is 2.20. The van der Waals surface area contributed by atoms with Crippen LogP contribution in [0, 0.1) is 0 Å². The predicted molar refractivity (Wildman–Crippen MR) is 51.6 cm³/mol. The molecule has 0 rings (SSSR count). The molecule has 0 aromatic heterocycles. The van der Waals surface area contributed by atoms with Gasteiger partial charge in [-0.15, -0.1) is 0 Å². The van der Waals surface area contributed by atoms with Crippen molar-refractivity contribution in [1.82, 2.24) is 0 Å². The molecular weight excluding hydrogens is 191 g/mol. The Labute approximate surface area is 110 Å². The first kappa shape index (κ1) is 8.95. The SMILES string of the molecule is [2H]C([2H])(C(=O)[O-])C([2H])([2H])[Si](CC)(CC)CC.[Na+]. The Morgan fingerprint density at radius 1 is 1.31 bits per heavy atom. The van der Waals surface area contributed by atoms with Gasteiger partial charge in [-0.05, 0) is 6.37 Å². The number of hydrogen-bond acceptors (Lipinski definition) is 2. The fourth-order valence-corrected chi connectivity index (χ4v) is 3.60. The molecular formula is C9H19NaO2Si. The molecule has 0 heterocycles. The average molecular weight is 214 g/mol. The molecule has 0 aliphatic heterocycles. The normalized spacial score (nSPS) is 17.5. The Morgan fingerprint density at radius 3 is 1.92 bits per heavy atom. The van der Waals surface area contributed by atoms with E-state index in [1.54, 1.807) is 0 Å². The van der Waals surface area contributed by atoms with Gasteiger partial charge in [-0.3, -0.25) is 0 Å². The first-order chi connectivity index (χ1) is 7.13. The molecule has 0 saturated heterocycles. The maximum atomic E-state index is 10.8. The van der Waals surface area contributed by atoms with E-state index < -0.39 is 26.4 Å². The molecule has 4 heteroatoms. The molecule has 0 saturated carbocycles. The van der Waals surface area contributed by atoms with Crippen molar-refractivity contribution in [1.29, 1.82) is 0 Å². The van der Waals surface area contributed by atoms with Gasteiger partial charge in [-0.2, -0.15) is 0 Å².